The molecule has 3 fully saturated rings. The van der Waals surface area contributed by atoms with E-state index in [4.69, 9.17) is 18.9 Å². The quantitative estimate of drug-likeness (QED) is 0.175. The molecule has 0 amide bonds. The average Bonchev–Trinajstić information content (AvgIpc) is 3.25. The van der Waals surface area contributed by atoms with Gasteiger partial charge in [-0.2, -0.15) is 0 Å². The predicted molar refractivity (Wildman–Crippen MR) is 237 cm³/mol. The molecule has 6 N–H and O–H groups in total. The second kappa shape index (κ2) is 25.2. The number of hydrogen-bond acceptors (Lipinski definition) is 12. The number of Topliss-reactive ketones (excluding diaryl/α,β-unsaturated/α-hetero) is 1. The van der Waals surface area contributed by atoms with Gasteiger partial charge in [0.1, 0.15) is 18.4 Å². The van der Waals surface area contributed by atoms with E-state index in [-0.39, 0.29) is 48.1 Å². The Morgan fingerprint density at radius 1 is 0.852 bits per heavy atom. The third-order valence-electron chi connectivity index (χ3n) is 14.8. The van der Waals surface area contributed by atoms with Crippen molar-refractivity contribution < 1.29 is 54.4 Å². The third-order valence-corrected chi connectivity index (χ3v) is 14.8. The van der Waals surface area contributed by atoms with Gasteiger partial charge in [0.2, 0.25) is 0 Å². The number of ether oxygens (including phenoxy) is 4. The number of rotatable bonds is 5. The number of aliphatic hydroxyl groups excluding tert-OH is 5. The first-order chi connectivity index (χ1) is 29.0. The van der Waals surface area contributed by atoms with Gasteiger partial charge in [-0.3, -0.25) is 9.69 Å². The highest BCUT2D eigenvalue weighted by atomic mass is 16.6. The minimum atomic E-state index is -1.99. The maximum atomic E-state index is 13.5. The van der Waals surface area contributed by atoms with Crippen molar-refractivity contribution in [2.45, 2.75) is 211 Å². The Labute approximate surface area is 367 Å². The molecule has 352 valence electrons. The molecule has 3 aliphatic heterocycles. The van der Waals surface area contributed by atoms with Gasteiger partial charge in [0, 0.05) is 39.0 Å². The molecule has 2 bridgehead atoms. The van der Waals surface area contributed by atoms with E-state index in [0.717, 1.165) is 63.4 Å². The topological polar surface area (TPSA) is 179 Å². The molecule has 1 aliphatic carbocycles. The van der Waals surface area contributed by atoms with Crippen LogP contribution in [0, 0.1) is 35.5 Å². The summed E-state index contributed by atoms with van der Waals surface area (Å²) >= 11 is 0. The van der Waals surface area contributed by atoms with E-state index in [1.54, 1.807) is 12.0 Å². The van der Waals surface area contributed by atoms with Crippen molar-refractivity contribution >= 4 is 5.78 Å². The lowest BCUT2D eigenvalue weighted by Crippen LogP contribution is -2.65. The van der Waals surface area contributed by atoms with Crippen LogP contribution in [0.4, 0.5) is 0 Å². The van der Waals surface area contributed by atoms with Crippen molar-refractivity contribution in [3.05, 3.63) is 36.0 Å². The summed E-state index contributed by atoms with van der Waals surface area (Å²) in [5.74, 6) is -3.18. The molecular formula is C49H85NO11. The third kappa shape index (κ3) is 14.7. The van der Waals surface area contributed by atoms with Crippen molar-refractivity contribution in [3.63, 3.8) is 0 Å². The van der Waals surface area contributed by atoms with Crippen molar-refractivity contribution in [1.29, 1.82) is 0 Å². The standard InChI is InChI=1S/C49H85NO11/c1-31-17-12-10-9-11-13-18-32(2)43(52)45(59-8)44(53)35(5)27-33(3)41(51)30-42(34(4)28-37-19-16-20-39(29-37)58-7)60-48(56)40-21-14-15-26-50(40)47(55)46(54)49(57)36(6)23-25-38(61-49)24-22-31/h9-12,17,32-42,44-48,51,53-57H,13-16,18-30H2,1-8H3/b11-9+,12-10+,31-17+/t32-,33-,34-,35-,36-,37+,38-,39+,40-,41-,42+,44-,45+,46+,47+,48+,49?/m1/s1. The Morgan fingerprint density at radius 2 is 1.61 bits per heavy atom. The fourth-order valence-electron chi connectivity index (χ4n) is 10.5. The maximum absolute atomic E-state index is 13.5. The van der Waals surface area contributed by atoms with E-state index in [2.05, 4.69) is 6.92 Å². The van der Waals surface area contributed by atoms with Crippen LogP contribution in [-0.2, 0) is 23.7 Å². The van der Waals surface area contributed by atoms with Gasteiger partial charge in [0.05, 0.1) is 36.6 Å². The molecule has 0 radical (unpaired) electrons. The molecule has 1 unspecified atom stereocenters. The van der Waals surface area contributed by atoms with Crippen molar-refractivity contribution in [1.82, 2.24) is 4.90 Å². The van der Waals surface area contributed by atoms with E-state index < -0.39 is 60.8 Å². The minimum Gasteiger partial charge on any atom is -0.393 e. The average molecular weight is 864 g/mol. The zero-order chi connectivity index (χ0) is 44.9. The van der Waals surface area contributed by atoms with E-state index in [1.165, 1.54) is 7.11 Å². The molecule has 4 aliphatic rings. The van der Waals surface area contributed by atoms with Gasteiger partial charge in [0.15, 0.2) is 17.9 Å². The summed E-state index contributed by atoms with van der Waals surface area (Å²) < 4.78 is 24.3. The highest BCUT2D eigenvalue weighted by molar-refractivity contribution is 5.85. The zero-order valence-corrected chi connectivity index (χ0v) is 38.8. The van der Waals surface area contributed by atoms with Crippen LogP contribution in [-0.4, -0.2) is 129 Å². The molecule has 4 rings (SSSR count). The maximum Gasteiger partial charge on any atom is 0.198 e. The number of piperidine rings is 1. The number of carbonyl (C=O) groups is 1. The smallest absolute Gasteiger partial charge is 0.198 e. The predicted octanol–water partition coefficient (Wildman–Crippen LogP) is 6.59. The molecule has 17 atom stereocenters. The van der Waals surface area contributed by atoms with Gasteiger partial charge >= 0.3 is 0 Å². The van der Waals surface area contributed by atoms with Crippen molar-refractivity contribution in [2.75, 3.05) is 20.8 Å². The van der Waals surface area contributed by atoms with Gasteiger partial charge in [0.25, 0.3) is 0 Å². The first kappa shape index (κ1) is 52.1. The van der Waals surface area contributed by atoms with Crippen LogP contribution in [0.25, 0.3) is 0 Å². The zero-order valence-electron chi connectivity index (χ0n) is 38.8. The second-order valence-corrected chi connectivity index (χ2v) is 19.7. The summed E-state index contributed by atoms with van der Waals surface area (Å²) in [4.78, 5) is 15.2. The Morgan fingerprint density at radius 3 is 2.33 bits per heavy atom. The fraction of sp³-hybridized carbons (Fsp3) is 0.857. The van der Waals surface area contributed by atoms with E-state index in [9.17, 15) is 35.4 Å². The summed E-state index contributed by atoms with van der Waals surface area (Å²) in [6, 6.07) is -0.679. The fourth-order valence-corrected chi connectivity index (χ4v) is 10.5. The SMILES string of the molecule is CO[C@H]1CCC[C@@H](C[C@@H](C)[C@@H]2C[C@@H](O)[C@H](C)C[C@@H](C)[C@@H](O)[C@@H](OC)C(=O)[C@H](C)CC/C=C/C=C/C=C(\C)CC[C@@H]3CC[C@@H](C)C(O)(O3)[C@@H](O)[C@H](O)N3CCCC[C@@H]3[C@@H](O)O2)C1. The van der Waals surface area contributed by atoms with Crippen LogP contribution < -0.4 is 0 Å². The molecule has 0 aromatic rings. The molecule has 12 nitrogen and oxygen atoms in total. The van der Waals surface area contributed by atoms with Gasteiger partial charge in [-0.25, -0.2) is 0 Å². The molecule has 0 spiro atoms. The first-order valence-corrected chi connectivity index (χ1v) is 23.8. The van der Waals surface area contributed by atoms with E-state index in [1.807, 2.05) is 65.0 Å². The number of aliphatic hydroxyl groups is 6. The lowest BCUT2D eigenvalue weighted by Gasteiger charge is -2.49. The van der Waals surface area contributed by atoms with Crippen LogP contribution in [0.3, 0.4) is 0 Å². The molecular weight excluding hydrogens is 779 g/mol. The Bertz CT molecular complexity index is 1390. The van der Waals surface area contributed by atoms with Gasteiger partial charge < -0.3 is 49.6 Å². The number of fused-ring (bicyclic) bond motifs is 3. The highest BCUT2D eigenvalue weighted by Crippen LogP contribution is 2.40. The van der Waals surface area contributed by atoms with Gasteiger partial charge in [-0.15, -0.1) is 0 Å². The van der Waals surface area contributed by atoms with Crippen LogP contribution in [0.5, 0.6) is 0 Å². The second-order valence-electron chi connectivity index (χ2n) is 19.7. The van der Waals surface area contributed by atoms with Crippen molar-refractivity contribution in [2.24, 2.45) is 35.5 Å². The lowest BCUT2D eigenvalue weighted by molar-refractivity contribution is -0.346. The van der Waals surface area contributed by atoms with E-state index >= 15 is 0 Å². The minimum absolute atomic E-state index is 0.0486. The summed E-state index contributed by atoms with van der Waals surface area (Å²) in [5, 5.41) is 70.9. The van der Waals surface area contributed by atoms with Crippen LogP contribution in [0.2, 0.25) is 0 Å². The molecule has 3 heterocycles. The number of carbonyl (C=O) groups excluding carboxylic acids is 1. The van der Waals surface area contributed by atoms with Gasteiger partial charge in [-0.05, 0) is 108 Å². The number of nitrogens with zero attached hydrogens (tertiary/aromatic N) is 1. The Kier molecular flexibility index (Phi) is 21.5. The van der Waals surface area contributed by atoms with Crippen LogP contribution in [0.15, 0.2) is 36.0 Å². The molecule has 61 heavy (non-hydrogen) atoms. The summed E-state index contributed by atoms with van der Waals surface area (Å²) in [7, 11) is 3.22. The van der Waals surface area contributed by atoms with Crippen LogP contribution in [0.1, 0.15) is 144 Å². The lowest BCUT2D eigenvalue weighted by atomic mass is 9.78. The number of methoxy groups -OCH3 is 2. The highest BCUT2D eigenvalue weighted by Gasteiger charge is 2.52. The largest absolute Gasteiger partial charge is 0.393 e. The Hall–Kier alpha value is -1.55. The summed E-state index contributed by atoms with van der Waals surface area (Å²) in [5.41, 5.74) is 1.13. The number of allylic oxidation sites excluding steroid dienone is 6. The van der Waals surface area contributed by atoms with Crippen LogP contribution >= 0.6 is 0 Å². The molecule has 1 saturated carbocycles. The van der Waals surface area contributed by atoms with Crippen molar-refractivity contribution in [3.8, 4) is 0 Å². The summed E-state index contributed by atoms with van der Waals surface area (Å²) in [6.07, 6.45) is 13.5. The first-order valence-electron chi connectivity index (χ1n) is 23.8. The normalized spacial score (nSPS) is 44.3. The van der Waals surface area contributed by atoms with Gasteiger partial charge in [-0.1, -0.05) is 89.8 Å². The molecule has 0 aromatic heterocycles. The monoisotopic (exact) mass is 864 g/mol. The molecule has 2 saturated heterocycles. The summed E-state index contributed by atoms with van der Waals surface area (Å²) in [6.45, 7) is 12.1. The number of ketones is 1. The molecule has 0 aromatic carbocycles. The Balaban J connectivity index is 1.62. The molecule has 12 heteroatoms. The number of hydrogen-bond donors (Lipinski definition) is 6. The van der Waals surface area contributed by atoms with E-state index in [0.29, 0.717) is 51.0 Å².